The normalized spacial score (nSPS) is 11.3. The topological polar surface area (TPSA) is 114 Å². The number of aromatic nitrogens is 2. The fourth-order valence-corrected chi connectivity index (χ4v) is 4.57. The van der Waals surface area contributed by atoms with Gasteiger partial charge in [-0.1, -0.05) is 41.4 Å². The minimum Gasteiger partial charge on any atom is -0.382 e. The van der Waals surface area contributed by atoms with E-state index in [4.69, 9.17) is 28.9 Å². The molecule has 2 aromatic carbocycles. The number of para-hydroxylation sites is 1. The van der Waals surface area contributed by atoms with E-state index in [9.17, 15) is 13.7 Å². The number of aryl methyl sites for hydroxylation is 1. The molecule has 1 aromatic heterocycles. The summed E-state index contributed by atoms with van der Waals surface area (Å²) in [7, 11) is -3.76. The largest absolute Gasteiger partial charge is 0.382 e. The molecular formula is C19H17Cl2N5O2S. The van der Waals surface area contributed by atoms with E-state index in [0.29, 0.717) is 24.1 Å². The maximum Gasteiger partial charge on any atom is 0.240 e. The molecule has 0 aliphatic rings. The quantitative estimate of drug-likeness (QED) is 0.535. The number of rotatable bonds is 7. The number of nitrogens with zero attached hydrogens (tertiary/aromatic N) is 3. The van der Waals surface area contributed by atoms with Crippen LogP contribution in [0.4, 0.5) is 5.82 Å². The molecule has 3 rings (SSSR count). The average molecular weight is 450 g/mol. The number of nitriles is 1. The van der Waals surface area contributed by atoms with Crippen LogP contribution in [0.5, 0.6) is 0 Å². The molecule has 0 spiro atoms. The smallest absolute Gasteiger partial charge is 0.240 e. The molecule has 150 valence electrons. The van der Waals surface area contributed by atoms with Gasteiger partial charge in [0.15, 0.2) is 0 Å². The Morgan fingerprint density at radius 2 is 1.79 bits per heavy atom. The third-order valence-electron chi connectivity index (χ3n) is 4.13. The molecule has 0 saturated carbocycles. The highest BCUT2D eigenvalue weighted by Crippen LogP contribution is 2.23. The minimum absolute atomic E-state index is 0.00897. The van der Waals surface area contributed by atoms with E-state index in [-0.39, 0.29) is 27.3 Å². The summed E-state index contributed by atoms with van der Waals surface area (Å²) in [4.78, 5) is -0.00897. The predicted octanol–water partition coefficient (Wildman–Crippen LogP) is 3.54. The fraction of sp³-hybridized carbons (Fsp3) is 0.158. The molecule has 0 fully saturated rings. The molecule has 0 aliphatic carbocycles. The third kappa shape index (κ3) is 4.89. The number of anilines is 1. The second kappa shape index (κ2) is 8.84. The molecule has 7 nitrogen and oxygen atoms in total. The van der Waals surface area contributed by atoms with Gasteiger partial charge in [0.25, 0.3) is 0 Å². The summed E-state index contributed by atoms with van der Waals surface area (Å²) >= 11 is 11.7. The van der Waals surface area contributed by atoms with Crippen LogP contribution in [0.1, 0.15) is 17.7 Å². The molecule has 0 amide bonds. The molecule has 0 radical (unpaired) electrons. The van der Waals surface area contributed by atoms with Crippen molar-refractivity contribution in [3.8, 4) is 11.8 Å². The summed E-state index contributed by atoms with van der Waals surface area (Å²) in [6, 6.07) is 15.4. The van der Waals surface area contributed by atoms with Crippen LogP contribution in [0, 0.1) is 11.3 Å². The highest BCUT2D eigenvalue weighted by molar-refractivity contribution is 7.89. The minimum atomic E-state index is -3.76. The summed E-state index contributed by atoms with van der Waals surface area (Å²) in [6.45, 7) is 0.148. The van der Waals surface area contributed by atoms with Crippen molar-refractivity contribution >= 4 is 39.0 Å². The molecule has 1 heterocycles. The van der Waals surface area contributed by atoms with E-state index in [1.54, 1.807) is 0 Å². The Bertz CT molecular complexity index is 1150. The molecule has 0 atom stereocenters. The zero-order valence-electron chi connectivity index (χ0n) is 15.1. The van der Waals surface area contributed by atoms with Gasteiger partial charge in [0, 0.05) is 16.6 Å². The maximum absolute atomic E-state index is 12.4. The number of nitrogens with one attached hydrogen (secondary N) is 1. The first-order chi connectivity index (χ1) is 13.8. The number of nitrogens with two attached hydrogens (primary N) is 1. The lowest BCUT2D eigenvalue weighted by atomic mass is 10.1. The van der Waals surface area contributed by atoms with Crippen molar-refractivity contribution in [2.45, 2.75) is 17.7 Å². The number of hydrogen-bond donors (Lipinski definition) is 2. The molecule has 3 N–H and O–H groups in total. The Kier molecular flexibility index (Phi) is 6.45. The molecule has 0 bridgehead atoms. The van der Waals surface area contributed by atoms with Gasteiger partial charge in [0.05, 0.1) is 16.3 Å². The van der Waals surface area contributed by atoms with E-state index in [2.05, 4.69) is 15.9 Å². The lowest BCUT2D eigenvalue weighted by molar-refractivity contribution is 0.578. The van der Waals surface area contributed by atoms with Crippen LogP contribution in [-0.2, 0) is 16.4 Å². The SMILES string of the molecule is N#Cc1c(CCCNS(=O)(=O)c2cc(Cl)cc(Cl)c2)nn(-c2ccccc2)c1N. The van der Waals surface area contributed by atoms with E-state index in [1.165, 1.54) is 22.9 Å². The van der Waals surface area contributed by atoms with E-state index in [1.807, 2.05) is 30.3 Å². The second-order valence-corrected chi connectivity index (χ2v) is 8.81. The Balaban J connectivity index is 1.69. The maximum atomic E-state index is 12.4. The van der Waals surface area contributed by atoms with Gasteiger partial charge in [-0.05, 0) is 43.2 Å². The second-order valence-electron chi connectivity index (χ2n) is 6.17. The van der Waals surface area contributed by atoms with Crippen LogP contribution < -0.4 is 10.5 Å². The van der Waals surface area contributed by atoms with Crippen LogP contribution in [0.15, 0.2) is 53.4 Å². The van der Waals surface area contributed by atoms with Crippen LogP contribution in [-0.4, -0.2) is 24.7 Å². The molecule has 10 heteroatoms. The lowest BCUT2D eigenvalue weighted by Gasteiger charge is -2.07. The van der Waals surface area contributed by atoms with Gasteiger partial charge in [-0.15, -0.1) is 0 Å². The van der Waals surface area contributed by atoms with Gasteiger partial charge in [0.2, 0.25) is 10.0 Å². The van der Waals surface area contributed by atoms with Crippen molar-refractivity contribution in [3.05, 3.63) is 69.8 Å². The molecule has 0 aliphatic heterocycles. The van der Waals surface area contributed by atoms with Crippen LogP contribution >= 0.6 is 23.2 Å². The first-order valence-corrected chi connectivity index (χ1v) is 10.8. The number of halogens is 2. The fourth-order valence-electron chi connectivity index (χ4n) is 2.77. The van der Waals surface area contributed by atoms with E-state index < -0.39 is 10.0 Å². The average Bonchev–Trinajstić information content (AvgIpc) is 3.00. The van der Waals surface area contributed by atoms with E-state index in [0.717, 1.165) is 5.69 Å². The van der Waals surface area contributed by atoms with Gasteiger partial charge in [-0.25, -0.2) is 17.8 Å². The summed E-state index contributed by atoms with van der Waals surface area (Å²) in [5.41, 5.74) is 7.61. The summed E-state index contributed by atoms with van der Waals surface area (Å²) in [6.07, 6.45) is 0.805. The zero-order chi connectivity index (χ0) is 21.0. The molecule has 0 saturated heterocycles. The highest BCUT2D eigenvalue weighted by atomic mass is 35.5. The molecule has 3 aromatic rings. The Morgan fingerprint density at radius 3 is 2.41 bits per heavy atom. The first kappa shape index (κ1) is 21.1. The summed E-state index contributed by atoms with van der Waals surface area (Å²) in [5.74, 6) is 0.253. The van der Waals surface area contributed by atoms with Crippen LogP contribution in [0.25, 0.3) is 5.69 Å². The van der Waals surface area contributed by atoms with Gasteiger partial charge in [0.1, 0.15) is 17.5 Å². The van der Waals surface area contributed by atoms with Gasteiger partial charge < -0.3 is 5.73 Å². The van der Waals surface area contributed by atoms with Crippen molar-refractivity contribution < 1.29 is 8.42 Å². The van der Waals surface area contributed by atoms with Gasteiger partial charge >= 0.3 is 0 Å². The standard InChI is InChI=1S/C19H17Cl2N5O2S/c20-13-9-14(21)11-16(10-13)29(27,28)24-8-4-7-18-17(12-22)19(23)26(25-18)15-5-2-1-3-6-15/h1-3,5-6,9-11,24H,4,7-8,23H2. The Morgan fingerprint density at radius 1 is 1.14 bits per heavy atom. The number of nitrogen functional groups attached to an aromatic ring is 1. The third-order valence-corrected chi connectivity index (χ3v) is 6.01. The van der Waals surface area contributed by atoms with Crippen molar-refractivity contribution in [3.63, 3.8) is 0 Å². The highest BCUT2D eigenvalue weighted by Gasteiger charge is 2.18. The molecule has 29 heavy (non-hydrogen) atoms. The Hall–Kier alpha value is -2.57. The van der Waals surface area contributed by atoms with Gasteiger partial charge in [-0.3, -0.25) is 0 Å². The van der Waals surface area contributed by atoms with E-state index >= 15 is 0 Å². The van der Waals surface area contributed by atoms with Crippen molar-refractivity contribution in [1.82, 2.24) is 14.5 Å². The predicted molar refractivity (Wildman–Crippen MR) is 113 cm³/mol. The lowest BCUT2D eigenvalue weighted by Crippen LogP contribution is -2.25. The van der Waals surface area contributed by atoms with Crippen molar-refractivity contribution in [2.24, 2.45) is 0 Å². The van der Waals surface area contributed by atoms with Crippen LogP contribution in [0.3, 0.4) is 0 Å². The Labute approximate surface area is 178 Å². The number of hydrogen-bond acceptors (Lipinski definition) is 5. The molecular weight excluding hydrogens is 433 g/mol. The van der Waals surface area contributed by atoms with Gasteiger partial charge in [-0.2, -0.15) is 10.4 Å². The molecule has 0 unspecified atom stereocenters. The zero-order valence-corrected chi connectivity index (χ0v) is 17.5. The van der Waals surface area contributed by atoms with Crippen molar-refractivity contribution in [2.75, 3.05) is 12.3 Å². The first-order valence-electron chi connectivity index (χ1n) is 8.60. The monoisotopic (exact) mass is 449 g/mol. The number of benzene rings is 2. The van der Waals surface area contributed by atoms with Crippen LogP contribution in [0.2, 0.25) is 10.0 Å². The van der Waals surface area contributed by atoms with Crippen molar-refractivity contribution in [1.29, 1.82) is 5.26 Å². The number of sulfonamides is 1. The summed E-state index contributed by atoms with van der Waals surface area (Å²) in [5, 5.41) is 14.3. The summed E-state index contributed by atoms with van der Waals surface area (Å²) < 4.78 is 28.8.